The number of carbonyl (C=O) groups excluding carboxylic acids is 1. The molecule has 0 spiro atoms. The fourth-order valence-corrected chi connectivity index (χ4v) is 4.79. The molecule has 1 saturated carbocycles. The number of hydrogen-bond donors (Lipinski definition) is 2. The van der Waals surface area contributed by atoms with E-state index < -0.39 is 0 Å². The third kappa shape index (κ3) is 4.63. The average Bonchev–Trinajstić information content (AvgIpc) is 3.38. The van der Waals surface area contributed by atoms with Gasteiger partial charge in [-0.1, -0.05) is 24.2 Å². The summed E-state index contributed by atoms with van der Waals surface area (Å²) in [5, 5.41) is 15.7. The van der Waals surface area contributed by atoms with E-state index in [0.29, 0.717) is 17.1 Å². The quantitative estimate of drug-likeness (QED) is 0.810. The zero-order chi connectivity index (χ0) is 17.8. The molecule has 1 aromatic rings. The third-order valence-electron chi connectivity index (χ3n) is 5.51. The van der Waals surface area contributed by atoms with Crippen molar-refractivity contribution in [3.63, 3.8) is 0 Å². The van der Waals surface area contributed by atoms with Gasteiger partial charge in [0.05, 0.1) is 6.61 Å². The number of carbonyl (C=O) groups is 1. The van der Waals surface area contributed by atoms with E-state index in [9.17, 15) is 4.79 Å². The van der Waals surface area contributed by atoms with Crippen molar-refractivity contribution in [2.45, 2.75) is 38.1 Å². The number of rotatable bonds is 5. The molecule has 3 aliphatic rings. The standard InChI is InChI=1S/C17H28N6O2S/c24-15(18-14-3-1-2-4-14)19-16-20-21-17(26-16)23-8-6-22(7-9-23)11-13-5-10-25-12-13/h13-14H,1-12H2,(H2,18,19,20,24). The number of nitrogens with one attached hydrogen (secondary N) is 2. The Labute approximate surface area is 158 Å². The van der Waals surface area contributed by atoms with Gasteiger partial charge < -0.3 is 15.0 Å². The van der Waals surface area contributed by atoms with Crippen LogP contribution in [-0.2, 0) is 4.74 Å². The molecule has 3 fully saturated rings. The number of anilines is 2. The minimum Gasteiger partial charge on any atom is -0.381 e. The second-order valence-corrected chi connectivity index (χ2v) is 8.44. The van der Waals surface area contributed by atoms with E-state index >= 15 is 0 Å². The van der Waals surface area contributed by atoms with Crippen LogP contribution in [-0.4, -0.2) is 73.1 Å². The van der Waals surface area contributed by atoms with Crippen molar-refractivity contribution in [2.24, 2.45) is 5.92 Å². The Kier molecular flexibility index (Phi) is 5.86. The maximum Gasteiger partial charge on any atom is 0.321 e. The second-order valence-electron chi connectivity index (χ2n) is 7.49. The maximum atomic E-state index is 12.0. The van der Waals surface area contributed by atoms with Crippen molar-refractivity contribution in [3.8, 4) is 0 Å². The highest BCUT2D eigenvalue weighted by molar-refractivity contribution is 7.19. The molecular weight excluding hydrogens is 352 g/mol. The maximum absolute atomic E-state index is 12.0. The van der Waals surface area contributed by atoms with Gasteiger partial charge in [-0.25, -0.2) is 4.79 Å². The Morgan fingerprint density at radius 2 is 1.96 bits per heavy atom. The number of piperazine rings is 1. The fourth-order valence-electron chi connectivity index (χ4n) is 4.00. The normalized spacial score (nSPS) is 24.9. The third-order valence-corrected chi connectivity index (χ3v) is 6.41. The van der Waals surface area contributed by atoms with Crippen LogP contribution in [0.5, 0.6) is 0 Å². The van der Waals surface area contributed by atoms with Crippen LogP contribution >= 0.6 is 11.3 Å². The predicted octanol–water partition coefficient (Wildman–Crippen LogP) is 1.76. The van der Waals surface area contributed by atoms with Gasteiger partial charge >= 0.3 is 6.03 Å². The Morgan fingerprint density at radius 1 is 1.15 bits per heavy atom. The molecule has 0 bridgehead atoms. The van der Waals surface area contributed by atoms with Crippen LogP contribution in [0.4, 0.5) is 15.1 Å². The average molecular weight is 381 g/mol. The monoisotopic (exact) mass is 380 g/mol. The number of aromatic nitrogens is 2. The van der Waals surface area contributed by atoms with E-state index in [0.717, 1.165) is 63.9 Å². The van der Waals surface area contributed by atoms with Gasteiger partial charge in [0, 0.05) is 45.4 Å². The van der Waals surface area contributed by atoms with E-state index in [1.54, 1.807) is 0 Å². The van der Waals surface area contributed by atoms with Crippen LogP contribution in [0.3, 0.4) is 0 Å². The molecule has 9 heteroatoms. The Morgan fingerprint density at radius 3 is 2.69 bits per heavy atom. The van der Waals surface area contributed by atoms with Crippen molar-refractivity contribution >= 4 is 27.6 Å². The molecular formula is C17H28N6O2S. The Balaban J connectivity index is 1.22. The molecule has 0 aromatic carbocycles. The summed E-state index contributed by atoms with van der Waals surface area (Å²) in [4.78, 5) is 16.8. The van der Waals surface area contributed by atoms with Gasteiger partial charge in [-0.3, -0.25) is 10.2 Å². The molecule has 1 aromatic heterocycles. The molecule has 8 nitrogen and oxygen atoms in total. The highest BCUT2D eigenvalue weighted by Crippen LogP contribution is 2.26. The lowest BCUT2D eigenvalue weighted by atomic mass is 10.1. The molecule has 0 radical (unpaired) electrons. The summed E-state index contributed by atoms with van der Waals surface area (Å²) in [7, 11) is 0. The van der Waals surface area contributed by atoms with Crippen LogP contribution in [0.1, 0.15) is 32.1 Å². The zero-order valence-corrected chi connectivity index (χ0v) is 16.0. The molecule has 1 unspecified atom stereocenters. The molecule has 4 rings (SSSR count). The van der Waals surface area contributed by atoms with Gasteiger partial charge in [0.1, 0.15) is 0 Å². The highest BCUT2D eigenvalue weighted by Gasteiger charge is 2.24. The predicted molar refractivity (Wildman–Crippen MR) is 102 cm³/mol. The lowest BCUT2D eigenvalue weighted by Gasteiger charge is -2.35. The fraction of sp³-hybridized carbons (Fsp3) is 0.824. The van der Waals surface area contributed by atoms with Crippen LogP contribution < -0.4 is 15.5 Å². The largest absolute Gasteiger partial charge is 0.381 e. The van der Waals surface area contributed by atoms with Crippen molar-refractivity contribution in [1.29, 1.82) is 0 Å². The van der Waals surface area contributed by atoms with Crippen LogP contribution in [0, 0.1) is 5.92 Å². The smallest absolute Gasteiger partial charge is 0.321 e. The number of amides is 2. The summed E-state index contributed by atoms with van der Waals surface area (Å²) in [6, 6.07) is 0.143. The summed E-state index contributed by atoms with van der Waals surface area (Å²) in [5.74, 6) is 0.692. The topological polar surface area (TPSA) is 82.6 Å². The first-order chi connectivity index (χ1) is 12.8. The Bertz CT molecular complexity index is 592. The SMILES string of the molecule is O=C(Nc1nnc(N2CCN(CC3CCOC3)CC2)s1)NC1CCCC1. The molecule has 26 heavy (non-hydrogen) atoms. The van der Waals surface area contributed by atoms with E-state index in [-0.39, 0.29) is 6.03 Å². The summed E-state index contributed by atoms with van der Waals surface area (Å²) >= 11 is 1.45. The summed E-state index contributed by atoms with van der Waals surface area (Å²) < 4.78 is 5.47. The number of nitrogens with zero attached hydrogens (tertiary/aromatic N) is 4. The van der Waals surface area contributed by atoms with Crippen molar-refractivity contribution < 1.29 is 9.53 Å². The Hall–Kier alpha value is -1.45. The summed E-state index contributed by atoms with van der Waals surface area (Å²) in [5.41, 5.74) is 0. The van der Waals surface area contributed by atoms with Gasteiger partial charge in [-0.2, -0.15) is 0 Å². The lowest BCUT2D eigenvalue weighted by Crippen LogP contribution is -2.47. The van der Waals surface area contributed by atoms with E-state index in [4.69, 9.17) is 4.74 Å². The minimum absolute atomic E-state index is 0.164. The minimum atomic E-state index is -0.164. The van der Waals surface area contributed by atoms with Crippen molar-refractivity contribution in [1.82, 2.24) is 20.4 Å². The highest BCUT2D eigenvalue weighted by atomic mass is 32.1. The summed E-state index contributed by atoms with van der Waals surface area (Å²) in [6.07, 6.45) is 5.74. The first-order valence-corrected chi connectivity index (χ1v) is 10.5. The molecule has 3 heterocycles. The zero-order valence-electron chi connectivity index (χ0n) is 15.2. The van der Waals surface area contributed by atoms with Gasteiger partial charge in [0.15, 0.2) is 0 Å². The van der Waals surface area contributed by atoms with E-state index in [1.807, 2.05) is 0 Å². The van der Waals surface area contributed by atoms with Gasteiger partial charge in [0.2, 0.25) is 10.3 Å². The van der Waals surface area contributed by atoms with Gasteiger partial charge in [-0.05, 0) is 25.2 Å². The molecule has 144 valence electrons. The van der Waals surface area contributed by atoms with Gasteiger partial charge in [0.25, 0.3) is 0 Å². The van der Waals surface area contributed by atoms with Crippen LogP contribution in [0.25, 0.3) is 0 Å². The van der Waals surface area contributed by atoms with Crippen LogP contribution in [0.2, 0.25) is 0 Å². The first-order valence-electron chi connectivity index (χ1n) is 9.72. The van der Waals surface area contributed by atoms with E-state index in [1.165, 1.54) is 30.6 Å². The molecule has 1 aliphatic carbocycles. The molecule has 1 atom stereocenters. The number of urea groups is 1. The number of ether oxygens (including phenoxy) is 1. The first kappa shape index (κ1) is 17.9. The van der Waals surface area contributed by atoms with E-state index in [2.05, 4.69) is 30.6 Å². The van der Waals surface area contributed by atoms with Crippen molar-refractivity contribution in [2.75, 3.05) is 56.2 Å². The van der Waals surface area contributed by atoms with Gasteiger partial charge in [-0.15, -0.1) is 10.2 Å². The second kappa shape index (κ2) is 8.49. The lowest BCUT2D eigenvalue weighted by molar-refractivity contribution is 0.164. The molecule has 2 saturated heterocycles. The summed E-state index contributed by atoms with van der Waals surface area (Å²) in [6.45, 7) is 6.96. The van der Waals surface area contributed by atoms with Crippen LogP contribution in [0.15, 0.2) is 0 Å². The molecule has 2 N–H and O–H groups in total. The molecule has 2 aliphatic heterocycles. The molecule has 2 amide bonds. The van der Waals surface area contributed by atoms with Crippen molar-refractivity contribution in [3.05, 3.63) is 0 Å². The number of hydrogen-bond acceptors (Lipinski definition) is 7.